The second kappa shape index (κ2) is 8.31. The molecule has 2 aromatic rings. The number of benzene rings is 1. The van der Waals surface area contributed by atoms with Crippen LogP contribution in [0.15, 0.2) is 35.2 Å². The zero-order valence-corrected chi connectivity index (χ0v) is 15.6. The number of hydrogen-bond acceptors (Lipinski definition) is 4. The van der Waals surface area contributed by atoms with Gasteiger partial charge in [-0.15, -0.1) is 0 Å². The van der Waals surface area contributed by atoms with Crippen molar-refractivity contribution in [1.29, 1.82) is 0 Å². The lowest BCUT2D eigenvalue weighted by Gasteiger charge is -2.09. The summed E-state index contributed by atoms with van der Waals surface area (Å²) in [5.74, 6) is -0.631. The molecule has 0 spiro atoms. The Bertz CT molecular complexity index is 826. The maximum absolute atomic E-state index is 12.7. The standard InChI is InChI=1S/C18H24N2O4S/c1-4-24-18(21)16-13(2)20-14(3)17(16)25(22,23)19-12-8-11-15-9-6-5-7-10-15/h5-7,9-10,19-20H,4,8,11-12H2,1-3H3. The van der Waals surface area contributed by atoms with E-state index in [0.717, 1.165) is 12.0 Å². The van der Waals surface area contributed by atoms with Gasteiger partial charge in [-0.05, 0) is 39.2 Å². The molecule has 25 heavy (non-hydrogen) atoms. The third-order valence-corrected chi connectivity index (χ3v) is 5.48. The van der Waals surface area contributed by atoms with Gasteiger partial charge in [-0.3, -0.25) is 0 Å². The van der Waals surface area contributed by atoms with Crippen LogP contribution in [0.3, 0.4) is 0 Å². The Balaban J connectivity index is 2.10. The summed E-state index contributed by atoms with van der Waals surface area (Å²) in [5.41, 5.74) is 2.15. The predicted octanol–water partition coefficient (Wildman–Crippen LogP) is 2.72. The highest BCUT2D eigenvalue weighted by atomic mass is 32.2. The number of carbonyl (C=O) groups excluding carboxylic acids is 1. The van der Waals surface area contributed by atoms with E-state index in [0.29, 0.717) is 24.4 Å². The quantitative estimate of drug-likeness (QED) is 0.557. The van der Waals surface area contributed by atoms with Gasteiger partial charge in [0, 0.05) is 17.9 Å². The van der Waals surface area contributed by atoms with Gasteiger partial charge < -0.3 is 9.72 Å². The molecule has 2 rings (SSSR count). The van der Waals surface area contributed by atoms with Crippen LogP contribution in [-0.4, -0.2) is 32.5 Å². The number of nitrogens with one attached hydrogen (secondary N) is 2. The zero-order valence-electron chi connectivity index (χ0n) is 14.8. The largest absolute Gasteiger partial charge is 0.462 e. The molecule has 0 radical (unpaired) electrons. The molecule has 0 bridgehead atoms. The van der Waals surface area contributed by atoms with Gasteiger partial charge in [-0.25, -0.2) is 17.9 Å². The molecular weight excluding hydrogens is 340 g/mol. The average Bonchev–Trinajstić information content (AvgIpc) is 2.88. The summed E-state index contributed by atoms with van der Waals surface area (Å²) in [5, 5.41) is 0. The van der Waals surface area contributed by atoms with Crippen LogP contribution in [0.1, 0.15) is 40.7 Å². The van der Waals surface area contributed by atoms with Crippen LogP contribution >= 0.6 is 0 Å². The number of sulfonamides is 1. The van der Waals surface area contributed by atoms with Crippen LogP contribution in [0.5, 0.6) is 0 Å². The van der Waals surface area contributed by atoms with Gasteiger partial charge in [0.1, 0.15) is 10.5 Å². The van der Waals surface area contributed by atoms with Crippen LogP contribution < -0.4 is 4.72 Å². The first-order chi connectivity index (χ1) is 11.9. The van der Waals surface area contributed by atoms with Crippen LogP contribution in [0.25, 0.3) is 0 Å². The molecule has 1 heterocycles. The van der Waals surface area contributed by atoms with Crippen molar-refractivity contribution in [3.63, 3.8) is 0 Å². The second-order valence-electron chi connectivity index (χ2n) is 5.79. The Hall–Kier alpha value is -2.12. The number of rotatable bonds is 8. The van der Waals surface area contributed by atoms with E-state index in [9.17, 15) is 13.2 Å². The van der Waals surface area contributed by atoms with Crippen molar-refractivity contribution in [3.05, 3.63) is 52.8 Å². The Labute approximate surface area is 148 Å². The molecule has 0 amide bonds. The molecule has 136 valence electrons. The lowest BCUT2D eigenvalue weighted by molar-refractivity contribution is 0.0521. The molecule has 7 heteroatoms. The fourth-order valence-corrected chi connectivity index (χ4v) is 4.28. The molecule has 1 aromatic carbocycles. The minimum absolute atomic E-state index is 0.0249. The smallest absolute Gasteiger partial charge is 0.341 e. The van der Waals surface area contributed by atoms with Crippen LogP contribution in [0.4, 0.5) is 0 Å². The fourth-order valence-electron chi connectivity index (χ4n) is 2.76. The van der Waals surface area contributed by atoms with Crippen molar-refractivity contribution in [3.8, 4) is 0 Å². The molecule has 0 fully saturated rings. The number of aromatic nitrogens is 1. The zero-order chi connectivity index (χ0) is 18.4. The van der Waals surface area contributed by atoms with E-state index in [1.54, 1.807) is 20.8 Å². The lowest BCUT2D eigenvalue weighted by atomic mass is 10.1. The van der Waals surface area contributed by atoms with E-state index in [-0.39, 0.29) is 17.1 Å². The highest BCUT2D eigenvalue weighted by Crippen LogP contribution is 2.24. The maximum atomic E-state index is 12.7. The molecule has 0 aliphatic heterocycles. The molecule has 0 aliphatic rings. The van der Waals surface area contributed by atoms with Crippen molar-refractivity contribution in [2.45, 2.75) is 38.5 Å². The number of hydrogen-bond donors (Lipinski definition) is 2. The number of H-pyrrole nitrogens is 1. The van der Waals surface area contributed by atoms with E-state index in [1.165, 1.54) is 0 Å². The lowest BCUT2D eigenvalue weighted by Crippen LogP contribution is -2.27. The predicted molar refractivity (Wildman–Crippen MR) is 96.2 cm³/mol. The molecule has 2 N–H and O–H groups in total. The van der Waals surface area contributed by atoms with E-state index in [1.807, 2.05) is 30.3 Å². The van der Waals surface area contributed by atoms with Gasteiger partial charge in [0.15, 0.2) is 0 Å². The van der Waals surface area contributed by atoms with E-state index in [4.69, 9.17) is 4.74 Å². The fraction of sp³-hybridized carbons (Fsp3) is 0.389. The molecule has 0 aliphatic carbocycles. The Kier molecular flexibility index (Phi) is 6.39. The first-order valence-electron chi connectivity index (χ1n) is 8.26. The first-order valence-corrected chi connectivity index (χ1v) is 9.75. The molecule has 6 nitrogen and oxygen atoms in total. The van der Waals surface area contributed by atoms with E-state index < -0.39 is 16.0 Å². The summed E-state index contributed by atoms with van der Waals surface area (Å²) in [7, 11) is -3.80. The molecule has 0 saturated heterocycles. The van der Waals surface area contributed by atoms with E-state index >= 15 is 0 Å². The highest BCUT2D eigenvalue weighted by molar-refractivity contribution is 7.89. The molecule has 0 saturated carbocycles. The number of carbonyl (C=O) groups is 1. The van der Waals surface area contributed by atoms with Gasteiger partial charge in [0.25, 0.3) is 0 Å². The number of aromatic amines is 1. The molecule has 0 atom stereocenters. The van der Waals surface area contributed by atoms with Gasteiger partial charge in [0.2, 0.25) is 10.0 Å². The summed E-state index contributed by atoms with van der Waals surface area (Å²) in [6.07, 6.45) is 1.44. The van der Waals surface area contributed by atoms with E-state index in [2.05, 4.69) is 9.71 Å². The van der Waals surface area contributed by atoms with Crippen molar-refractivity contribution >= 4 is 16.0 Å². The molecule has 1 aromatic heterocycles. The highest BCUT2D eigenvalue weighted by Gasteiger charge is 2.29. The third-order valence-electron chi connectivity index (χ3n) is 3.84. The molecular formula is C18H24N2O4S. The average molecular weight is 364 g/mol. The van der Waals surface area contributed by atoms with Crippen molar-refractivity contribution < 1.29 is 17.9 Å². The van der Waals surface area contributed by atoms with Crippen LogP contribution in [-0.2, 0) is 21.2 Å². The van der Waals surface area contributed by atoms with Crippen LogP contribution in [0, 0.1) is 13.8 Å². The summed E-state index contributed by atoms with van der Waals surface area (Å²) in [6.45, 7) is 5.46. The summed E-state index contributed by atoms with van der Waals surface area (Å²) in [6, 6.07) is 9.87. The maximum Gasteiger partial charge on any atom is 0.341 e. The number of ether oxygens (including phenoxy) is 1. The minimum atomic E-state index is -3.80. The number of esters is 1. The van der Waals surface area contributed by atoms with Crippen LogP contribution in [0.2, 0.25) is 0 Å². The third kappa shape index (κ3) is 4.70. The number of aryl methyl sites for hydroxylation is 3. The normalized spacial score (nSPS) is 11.5. The summed E-state index contributed by atoms with van der Waals surface area (Å²) < 4.78 is 32.9. The SMILES string of the molecule is CCOC(=O)c1c(C)[nH]c(C)c1S(=O)(=O)NCCCc1ccccc1. The van der Waals surface area contributed by atoms with Gasteiger partial charge in [0.05, 0.1) is 6.61 Å². The van der Waals surface area contributed by atoms with Gasteiger partial charge in [-0.1, -0.05) is 30.3 Å². The van der Waals surface area contributed by atoms with Crippen molar-refractivity contribution in [2.75, 3.05) is 13.2 Å². The van der Waals surface area contributed by atoms with Gasteiger partial charge >= 0.3 is 5.97 Å². The molecule has 0 unspecified atom stereocenters. The first kappa shape index (κ1) is 19.2. The second-order valence-corrected chi connectivity index (χ2v) is 7.49. The Morgan fingerprint density at radius 1 is 1.16 bits per heavy atom. The monoisotopic (exact) mass is 364 g/mol. The van der Waals surface area contributed by atoms with Crippen molar-refractivity contribution in [1.82, 2.24) is 9.71 Å². The van der Waals surface area contributed by atoms with Gasteiger partial charge in [-0.2, -0.15) is 0 Å². The topological polar surface area (TPSA) is 88.3 Å². The minimum Gasteiger partial charge on any atom is -0.462 e. The summed E-state index contributed by atoms with van der Waals surface area (Å²) in [4.78, 5) is 15.0. The summed E-state index contributed by atoms with van der Waals surface area (Å²) >= 11 is 0. The Morgan fingerprint density at radius 3 is 2.48 bits per heavy atom. The van der Waals surface area contributed by atoms with Crippen molar-refractivity contribution in [2.24, 2.45) is 0 Å². The Morgan fingerprint density at radius 2 is 1.84 bits per heavy atom.